The zero-order valence-electron chi connectivity index (χ0n) is 9.41. The monoisotopic (exact) mass is 211 g/mol. The van der Waals surface area contributed by atoms with Crippen LogP contribution in [0.1, 0.15) is 26.2 Å². The van der Waals surface area contributed by atoms with Crippen LogP contribution in [0, 0.1) is 11.8 Å². The summed E-state index contributed by atoms with van der Waals surface area (Å²) in [5.74, 6) is 2.19. The van der Waals surface area contributed by atoms with Crippen molar-refractivity contribution >= 4 is 5.96 Å². The molecule has 2 fully saturated rings. The van der Waals surface area contributed by atoms with Crippen LogP contribution in [0.15, 0.2) is 4.99 Å². The van der Waals surface area contributed by atoms with Crippen molar-refractivity contribution in [2.45, 2.75) is 32.3 Å². The fourth-order valence-corrected chi connectivity index (χ4v) is 1.95. The van der Waals surface area contributed by atoms with Gasteiger partial charge in [-0.1, -0.05) is 6.92 Å². The van der Waals surface area contributed by atoms with Crippen LogP contribution in [-0.2, 0) is 4.74 Å². The van der Waals surface area contributed by atoms with E-state index in [1.165, 1.54) is 12.8 Å². The largest absolute Gasteiger partial charge is 0.376 e. The van der Waals surface area contributed by atoms with Gasteiger partial charge in [0.1, 0.15) is 0 Å². The first-order valence-electron chi connectivity index (χ1n) is 5.91. The van der Waals surface area contributed by atoms with E-state index in [2.05, 4.69) is 17.2 Å². The lowest BCUT2D eigenvalue weighted by Crippen LogP contribution is -2.37. The average Bonchev–Trinajstić information content (AvgIpc) is 2.73. The second-order valence-corrected chi connectivity index (χ2v) is 4.71. The second-order valence-electron chi connectivity index (χ2n) is 4.71. The number of ether oxygens (including phenoxy) is 1. The SMILES string of the molecule is CC1CC1CN=C(N)NCC1CCCO1. The molecule has 3 unspecified atom stereocenters. The molecule has 4 nitrogen and oxygen atoms in total. The normalized spacial score (nSPS) is 35.5. The van der Waals surface area contributed by atoms with Crippen LogP contribution < -0.4 is 11.1 Å². The Morgan fingerprint density at radius 3 is 3.00 bits per heavy atom. The van der Waals surface area contributed by atoms with Gasteiger partial charge in [-0.3, -0.25) is 4.99 Å². The van der Waals surface area contributed by atoms with E-state index >= 15 is 0 Å². The quantitative estimate of drug-likeness (QED) is 0.532. The topological polar surface area (TPSA) is 59.6 Å². The number of rotatable bonds is 4. The van der Waals surface area contributed by atoms with Crippen molar-refractivity contribution in [1.82, 2.24) is 5.32 Å². The van der Waals surface area contributed by atoms with Crippen molar-refractivity contribution in [2.75, 3.05) is 19.7 Å². The van der Waals surface area contributed by atoms with E-state index in [4.69, 9.17) is 10.5 Å². The summed E-state index contributed by atoms with van der Waals surface area (Å²) in [4.78, 5) is 4.33. The Balaban J connectivity index is 1.60. The molecular weight excluding hydrogens is 190 g/mol. The highest BCUT2D eigenvalue weighted by Gasteiger charge is 2.31. The summed E-state index contributed by atoms with van der Waals surface area (Å²) in [6.45, 7) is 4.83. The van der Waals surface area contributed by atoms with Crippen molar-refractivity contribution in [3.8, 4) is 0 Å². The molecule has 2 rings (SSSR count). The van der Waals surface area contributed by atoms with Crippen LogP contribution in [-0.4, -0.2) is 31.8 Å². The molecular formula is C11H21N3O. The molecule has 1 heterocycles. The van der Waals surface area contributed by atoms with Gasteiger partial charge in [0.2, 0.25) is 0 Å². The van der Waals surface area contributed by atoms with Crippen LogP contribution in [0.4, 0.5) is 0 Å². The van der Waals surface area contributed by atoms with Gasteiger partial charge in [-0.15, -0.1) is 0 Å². The number of hydrogen-bond donors (Lipinski definition) is 2. The Hall–Kier alpha value is -0.770. The van der Waals surface area contributed by atoms with Gasteiger partial charge in [-0.2, -0.15) is 0 Å². The lowest BCUT2D eigenvalue weighted by molar-refractivity contribution is 0.114. The first-order chi connectivity index (χ1) is 7.25. The van der Waals surface area contributed by atoms with Gasteiger partial charge in [0.15, 0.2) is 5.96 Å². The lowest BCUT2D eigenvalue weighted by Gasteiger charge is -2.10. The van der Waals surface area contributed by atoms with Gasteiger partial charge < -0.3 is 15.8 Å². The Bertz CT molecular complexity index is 236. The van der Waals surface area contributed by atoms with Crippen LogP contribution in [0.2, 0.25) is 0 Å². The van der Waals surface area contributed by atoms with E-state index in [1.54, 1.807) is 0 Å². The number of nitrogens with two attached hydrogens (primary N) is 1. The number of guanidine groups is 1. The minimum absolute atomic E-state index is 0.332. The molecule has 86 valence electrons. The van der Waals surface area contributed by atoms with Crippen molar-refractivity contribution in [3.05, 3.63) is 0 Å². The fourth-order valence-electron chi connectivity index (χ4n) is 1.95. The summed E-state index contributed by atoms with van der Waals surface area (Å²) in [7, 11) is 0. The van der Waals surface area contributed by atoms with Gasteiger partial charge in [-0.05, 0) is 31.1 Å². The minimum Gasteiger partial charge on any atom is -0.376 e. The summed E-state index contributed by atoms with van der Waals surface area (Å²) in [5, 5.41) is 3.13. The highest BCUT2D eigenvalue weighted by Crippen LogP contribution is 2.37. The number of hydrogen-bond acceptors (Lipinski definition) is 2. The molecule has 1 aliphatic heterocycles. The van der Waals surface area contributed by atoms with Crippen molar-refractivity contribution < 1.29 is 4.74 Å². The first kappa shape index (κ1) is 10.7. The van der Waals surface area contributed by atoms with Gasteiger partial charge in [0, 0.05) is 19.7 Å². The Labute approximate surface area is 91.3 Å². The molecule has 2 aliphatic rings. The predicted molar refractivity (Wildman–Crippen MR) is 60.7 cm³/mol. The molecule has 1 saturated heterocycles. The summed E-state index contributed by atoms with van der Waals surface area (Å²) in [5.41, 5.74) is 5.76. The number of nitrogens with one attached hydrogen (secondary N) is 1. The summed E-state index contributed by atoms with van der Waals surface area (Å²) in [6.07, 6.45) is 3.95. The predicted octanol–water partition coefficient (Wildman–Crippen LogP) is 0.726. The van der Waals surface area contributed by atoms with E-state index in [9.17, 15) is 0 Å². The van der Waals surface area contributed by atoms with E-state index in [0.29, 0.717) is 12.1 Å². The minimum atomic E-state index is 0.332. The first-order valence-corrected chi connectivity index (χ1v) is 5.91. The molecule has 4 heteroatoms. The summed E-state index contributed by atoms with van der Waals surface area (Å²) in [6, 6.07) is 0. The standard InChI is InChI=1S/C11H21N3O/c1-8-5-9(8)6-13-11(12)14-7-10-3-2-4-15-10/h8-10H,2-7H2,1H3,(H3,12,13,14). The molecule has 0 radical (unpaired) electrons. The zero-order valence-corrected chi connectivity index (χ0v) is 9.41. The maximum atomic E-state index is 5.76. The van der Waals surface area contributed by atoms with E-state index in [1.807, 2.05) is 0 Å². The van der Waals surface area contributed by atoms with Crippen LogP contribution >= 0.6 is 0 Å². The molecule has 0 bridgehead atoms. The van der Waals surface area contributed by atoms with Crippen molar-refractivity contribution in [1.29, 1.82) is 0 Å². The molecule has 0 spiro atoms. The number of aliphatic imine (C=N–C) groups is 1. The fraction of sp³-hybridized carbons (Fsp3) is 0.909. The van der Waals surface area contributed by atoms with E-state index in [-0.39, 0.29) is 0 Å². The van der Waals surface area contributed by atoms with E-state index < -0.39 is 0 Å². The Morgan fingerprint density at radius 1 is 1.60 bits per heavy atom. The molecule has 1 saturated carbocycles. The van der Waals surface area contributed by atoms with Crippen LogP contribution in [0.25, 0.3) is 0 Å². The maximum Gasteiger partial charge on any atom is 0.188 e. The molecule has 3 N–H and O–H groups in total. The second kappa shape index (κ2) is 4.84. The highest BCUT2D eigenvalue weighted by molar-refractivity contribution is 5.77. The third-order valence-corrected chi connectivity index (χ3v) is 3.31. The summed E-state index contributed by atoms with van der Waals surface area (Å²) >= 11 is 0. The Morgan fingerprint density at radius 2 is 2.40 bits per heavy atom. The zero-order chi connectivity index (χ0) is 10.7. The molecule has 0 amide bonds. The Kier molecular flexibility index (Phi) is 3.46. The third-order valence-electron chi connectivity index (χ3n) is 3.31. The molecule has 1 aliphatic carbocycles. The van der Waals surface area contributed by atoms with Gasteiger partial charge in [0.05, 0.1) is 6.10 Å². The third kappa shape index (κ3) is 3.38. The molecule has 0 aromatic heterocycles. The van der Waals surface area contributed by atoms with Gasteiger partial charge in [-0.25, -0.2) is 0 Å². The van der Waals surface area contributed by atoms with Crippen molar-refractivity contribution in [3.63, 3.8) is 0 Å². The summed E-state index contributed by atoms with van der Waals surface area (Å²) < 4.78 is 5.49. The van der Waals surface area contributed by atoms with Crippen LogP contribution in [0.5, 0.6) is 0 Å². The van der Waals surface area contributed by atoms with Gasteiger partial charge in [0.25, 0.3) is 0 Å². The molecule has 3 atom stereocenters. The molecule has 0 aromatic carbocycles. The smallest absolute Gasteiger partial charge is 0.188 e. The van der Waals surface area contributed by atoms with Crippen molar-refractivity contribution in [2.24, 2.45) is 22.6 Å². The van der Waals surface area contributed by atoms with Gasteiger partial charge >= 0.3 is 0 Å². The maximum absolute atomic E-state index is 5.76. The average molecular weight is 211 g/mol. The lowest BCUT2D eigenvalue weighted by atomic mass is 10.2. The molecule has 0 aromatic rings. The number of nitrogens with zero attached hydrogens (tertiary/aromatic N) is 1. The van der Waals surface area contributed by atoms with E-state index in [0.717, 1.165) is 38.0 Å². The van der Waals surface area contributed by atoms with Crippen LogP contribution in [0.3, 0.4) is 0 Å². The highest BCUT2D eigenvalue weighted by atomic mass is 16.5. The molecule has 15 heavy (non-hydrogen) atoms.